The number of nitrogens with zero attached hydrogens (tertiary/aromatic N) is 1. The van der Waals surface area contributed by atoms with Crippen molar-refractivity contribution in [3.8, 4) is 10.4 Å². The number of hydroxylamine groups is 1. The van der Waals surface area contributed by atoms with Crippen LogP contribution in [0.1, 0.15) is 12.8 Å². The quantitative estimate of drug-likeness (QED) is 0.378. The molecule has 0 fully saturated rings. The molecule has 0 radical (unpaired) electrons. The molecule has 1 aliphatic rings. The number of anilines is 1. The van der Waals surface area contributed by atoms with Crippen molar-refractivity contribution in [2.24, 2.45) is 5.92 Å². The molecule has 3 rings (SSSR count). The van der Waals surface area contributed by atoms with Crippen LogP contribution < -0.4 is 15.1 Å². The van der Waals surface area contributed by atoms with Crippen molar-refractivity contribution in [2.45, 2.75) is 23.1 Å². The van der Waals surface area contributed by atoms with Gasteiger partial charge in [0.1, 0.15) is 4.21 Å². The van der Waals surface area contributed by atoms with Crippen LogP contribution in [0.3, 0.4) is 0 Å². The molecule has 9 heteroatoms. The number of amides is 1. The number of carbonyl (C=O) groups excluding carboxylic acids is 1. The lowest BCUT2D eigenvalue weighted by molar-refractivity contribution is -0.134. The first-order chi connectivity index (χ1) is 13.3. The molecule has 0 saturated heterocycles. The minimum Gasteiger partial charge on any atom is -0.378 e. The van der Waals surface area contributed by atoms with Crippen molar-refractivity contribution in [3.63, 3.8) is 0 Å². The van der Waals surface area contributed by atoms with Crippen molar-refractivity contribution in [3.05, 3.63) is 48.6 Å². The molecule has 0 spiro atoms. The van der Waals surface area contributed by atoms with E-state index in [0.717, 1.165) is 16.1 Å². The highest BCUT2D eigenvalue weighted by Gasteiger charge is 2.32. The number of hydrogen-bond donors (Lipinski definition) is 3. The summed E-state index contributed by atoms with van der Waals surface area (Å²) in [7, 11) is 0.141. The van der Waals surface area contributed by atoms with Crippen molar-refractivity contribution < 1.29 is 18.4 Å². The first-order valence-electron chi connectivity index (χ1n) is 8.80. The van der Waals surface area contributed by atoms with Crippen LogP contribution in [-0.4, -0.2) is 39.7 Å². The summed E-state index contributed by atoms with van der Waals surface area (Å²) >= 11 is 1.18. The SMILES string of the molecule is CN(C)c1ccc(-c2ccc(S(=O)(=O)NC3CC=CCC3C(=O)NO)s2)cc1. The average Bonchev–Trinajstić information content (AvgIpc) is 3.19. The molecule has 28 heavy (non-hydrogen) atoms. The monoisotopic (exact) mass is 421 g/mol. The highest BCUT2D eigenvalue weighted by Crippen LogP contribution is 2.32. The molecule has 1 aromatic heterocycles. The van der Waals surface area contributed by atoms with Gasteiger partial charge in [-0.05, 0) is 42.7 Å². The fraction of sp³-hybridized carbons (Fsp3) is 0.316. The normalized spacial score (nSPS) is 19.4. The Balaban J connectivity index is 1.79. The molecule has 7 nitrogen and oxygen atoms in total. The molecule has 2 atom stereocenters. The summed E-state index contributed by atoms with van der Waals surface area (Å²) < 4.78 is 28.4. The van der Waals surface area contributed by atoms with Crippen molar-refractivity contribution in [1.82, 2.24) is 10.2 Å². The number of hydrogen-bond acceptors (Lipinski definition) is 6. The lowest BCUT2D eigenvalue weighted by Gasteiger charge is -2.27. The van der Waals surface area contributed by atoms with Gasteiger partial charge in [-0.3, -0.25) is 10.0 Å². The van der Waals surface area contributed by atoms with Crippen molar-refractivity contribution in [2.75, 3.05) is 19.0 Å². The first-order valence-corrected chi connectivity index (χ1v) is 11.1. The Hall–Kier alpha value is -2.20. The van der Waals surface area contributed by atoms with Crippen molar-refractivity contribution >= 4 is 33.0 Å². The van der Waals surface area contributed by atoms with E-state index in [4.69, 9.17) is 5.21 Å². The Morgan fingerprint density at radius 1 is 1.11 bits per heavy atom. The lowest BCUT2D eigenvalue weighted by atomic mass is 9.89. The van der Waals surface area contributed by atoms with Gasteiger partial charge >= 0.3 is 0 Å². The van der Waals surface area contributed by atoms with Crippen molar-refractivity contribution in [1.29, 1.82) is 0 Å². The Morgan fingerprint density at radius 3 is 2.43 bits per heavy atom. The Bertz CT molecular complexity index is 965. The van der Waals surface area contributed by atoms with Gasteiger partial charge in [0.15, 0.2) is 0 Å². The second-order valence-corrected chi connectivity index (χ2v) is 9.84. The van der Waals surface area contributed by atoms with E-state index in [1.54, 1.807) is 17.6 Å². The number of rotatable bonds is 6. The summed E-state index contributed by atoms with van der Waals surface area (Å²) in [5.74, 6) is -1.24. The van der Waals surface area contributed by atoms with Gasteiger partial charge in [0.2, 0.25) is 15.9 Å². The summed E-state index contributed by atoms with van der Waals surface area (Å²) in [6.45, 7) is 0. The number of allylic oxidation sites excluding steroid dienone is 1. The van der Waals surface area contributed by atoms with Gasteiger partial charge in [0.05, 0.1) is 5.92 Å². The average molecular weight is 422 g/mol. The third-order valence-electron chi connectivity index (χ3n) is 4.70. The molecule has 2 unspecified atom stereocenters. The largest absolute Gasteiger partial charge is 0.378 e. The molecule has 0 aliphatic heterocycles. The van der Waals surface area contributed by atoms with Crippen LogP contribution in [0.5, 0.6) is 0 Å². The zero-order valence-corrected chi connectivity index (χ0v) is 17.3. The highest BCUT2D eigenvalue weighted by molar-refractivity contribution is 7.91. The summed E-state index contributed by atoms with van der Waals surface area (Å²) in [6.07, 6.45) is 4.40. The van der Waals surface area contributed by atoms with Gasteiger partial charge in [-0.2, -0.15) is 0 Å². The molecule has 3 N–H and O–H groups in total. The van der Waals surface area contributed by atoms with Crippen LogP contribution in [0, 0.1) is 5.92 Å². The third-order valence-corrected chi connectivity index (χ3v) is 7.82. The molecule has 1 amide bonds. The van der Waals surface area contributed by atoms with E-state index in [1.807, 2.05) is 55.4 Å². The summed E-state index contributed by atoms with van der Waals surface area (Å²) in [5, 5.41) is 8.90. The van der Waals surface area contributed by atoms with E-state index < -0.39 is 27.9 Å². The molecule has 2 aromatic rings. The maximum Gasteiger partial charge on any atom is 0.250 e. The zero-order chi connectivity index (χ0) is 20.3. The van der Waals surface area contributed by atoms with Gasteiger partial charge in [-0.15, -0.1) is 11.3 Å². The molecule has 0 saturated carbocycles. The molecule has 1 aliphatic carbocycles. The fourth-order valence-corrected chi connectivity index (χ4v) is 5.74. The summed E-state index contributed by atoms with van der Waals surface area (Å²) in [5.41, 5.74) is 3.62. The van der Waals surface area contributed by atoms with E-state index in [-0.39, 0.29) is 4.21 Å². The van der Waals surface area contributed by atoms with Crippen LogP contribution in [0.2, 0.25) is 0 Å². The standard InChI is InChI=1S/C19H23N3O4S2/c1-22(2)14-9-7-13(8-10-14)17-11-12-18(27-17)28(25,26)21-16-6-4-3-5-15(16)19(23)20-24/h3-4,7-12,15-16,21,24H,5-6H2,1-2H3,(H,20,23). The van der Waals surface area contributed by atoms with Crippen LogP contribution in [-0.2, 0) is 14.8 Å². The maximum atomic E-state index is 12.8. The Kier molecular flexibility index (Phi) is 6.19. The van der Waals surface area contributed by atoms with E-state index in [1.165, 1.54) is 11.3 Å². The minimum absolute atomic E-state index is 0.192. The third kappa shape index (κ3) is 4.44. The van der Waals surface area contributed by atoms with Crippen LogP contribution >= 0.6 is 11.3 Å². The topological polar surface area (TPSA) is 98.7 Å². The molecule has 150 valence electrons. The molecule has 1 aromatic carbocycles. The molecular formula is C19H23N3O4S2. The Labute approximate surface area is 168 Å². The second-order valence-electron chi connectivity index (χ2n) is 6.81. The Morgan fingerprint density at radius 2 is 1.79 bits per heavy atom. The fourth-order valence-electron chi connectivity index (χ4n) is 3.12. The second kappa shape index (κ2) is 8.44. The molecular weight excluding hydrogens is 398 g/mol. The number of carbonyl (C=O) groups is 1. The van der Waals surface area contributed by atoms with Crippen LogP contribution in [0.15, 0.2) is 52.8 Å². The van der Waals surface area contributed by atoms with E-state index in [2.05, 4.69) is 4.72 Å². The summed E-state index contributed by atoms with van der Waals surface area (Å²) in [4.78, 5) is 14.7. The van der Waals surface area contributed by atoms with Gasteiger partial charge in [0, 0.05) is 30.7 Å². The first kappa shape index (κ1) is 20.5. The molecule has 0 bridgehead atoms. The van der Waals surface area contributed by atoms with Crippen LogP contribution in [0.4, 0.5) is 5.69 Å². The number of thiophene rings is 1. The number of benzene rings is 1. The highest BCUT2D eigenvalue weighted by atomic mass is 32.2. The van der Waals surface area contributed by atoms with Crippen LogP contribution in [0.25, 0.3) is 10.4 Å². The van der Waals surface area contributed by atoms with E-state index in [9.17, 15) is 13.2 Å². The van der Waals surface area contributed by atoms with Gasteiger partial charge in [-0.25, -0.2) is 18.6 Å². The smallest absolute Gasteiger partial charge is 0.250 e. The van der Waals surface area contributed by atoms with E-state index >= 15 is 0 Å². The minimum atomic E-state index is -3.78. The van der Waals surface area contributed by atoms with Gasteiger partial charge in [0.25, 0.3) is 0 Å². The lowest BCUT2D eigenvalue weighted by Crippen LogP contribution is -2.46. The zero-order valence-electron chi connectivity index (χ0n) is 15.6. The predicted molar refractivity (Wildman–Crippen MR) is 110 cm³/mol. The summed E-state index contributed by atoms with van der Waals surface area (Å²) in [6, 6.07) is 10.6. The predicted octanol–water partition coefficient (Wildman–Crippen LogP) is 2.60. The maximum absolute atomic E-state index is 12.8. The molecule has 1 heterocycles. The number of sulfonamides is 1. The van der Waals surface area contributed by atoms with Gasteiger partial charge < -0.3 is 4.90 Å². The number of nitrogens with one attached hydrogen (secondary N) is 2. The van der Waals surface area contributed by atoms with Gasteiger partial charge in [-0.1, -0.05) is 24.3 Å². The van der Waals surface area contributed by atoms with E-state index in [0.29, 0.717) is 12.8 Å².